The van der Waals surface area contributed by atoms with E-state index < -0.39 is 0 Å². The van der Waals surface area contributed by atoms with Crippen LogP contribution in [0.15, 0.2) is 43.0 Å². The van der Waals surface area contributed by atoms with Crippen LogP contribution in [0.3, 0.4) is 0 Å². The van der Waals surface area contributed by atoms with E-state index in [0.717, 1.165) is 0 Å². The number of carbonyl (C=O) groups excluding carboxylic acids is 1. The highest BCUT2D eigenvalue weighted by Gasteiger charge is 2.14. The van der Waals surface area contributed by atoms with E-state index in [2.05, 4.69) is 10.3 Å². The summed E-state index contributed by atoms with van der Waals surface area (Å²) in [5.74, 6) is -0.591. The lowest BCUT2D eigenvalue weighted by Gasteiger charge is -2.13. The van der Waals surface area contributed by atoms with E-state index >= 15 is 0 Å². The molecule has 0 aliphatic rings. The van der Waals surface area contributed by atoms with Gasteiger partial charge in [-0.2, -0.15) is 0 Å². The number of amides is 1. The molecule has 1 heterocycles. The molecule has 0 radical (unpaired) electrons. The van der Waals surface area contributed by atoms with Gasteiger partial charge in [-0.15, -0.1) is 0 Å². The fourth-order valence-corrected chi connectivity index (χ4v) is 1.45. The third-order valence-electron chi connectivity index (χ3n) is 2.44. The van der Waals surface area contributed by atoms with Gasteiger partial charge in [-0.25, -0.2) is 9.37 Å². The maximum atomic E-state index is 12.9. The maximum Gasteiger partial charge on any atom is 0.247 e. The Labute approximate surface area is 98.1 Å². The highest BCUT2D eigenvalue weighted by atomic mass is 19.1. The molecule has 2 aromatic rings. The van der Waals surface area contributed by atoms with Gasteiger partial charge in [-0.1, -0.05) is 6.07 Å². The topological polar surface area (TPSA) is 46.9 Å². The van der Waals surface area contributed by atoms with Crippen LogP contribution in [0.5, 0.6) is 0 Å². The number of aromatic nitrogens is 2. The fraction of sp³-hybridized carbons (Fsp3) is 0.167. The molecule has 1 N–H and O–H groups in total. The van der Waals surface area contributed by atoms with Crippen molar-refractivity contribution in [2.45, 2.75) is 13.0 Å². The minimum atomic E-state index is -0.388. The van der Waals surface area contributed by atoms with Crippen LogP contribution in [0.4, 0.5) is 10.1 Å². The fourth-order valence-electron chi connectivity index (χ4n) is 1.45. The van der Waals surface area contributed by atoms with Crippen LogP contribution >= 0.6 is 0 Å². The van der Waals surface area contributed by atoms with Crippen LogP contribution in [-0.4, -0.2) is 15.5 Å². The second kappa shape index (κ2) is 4.78. The monoisotopic (exact) mass is 233 g/mol. The molecule has 0 saturated heterocycles. The normalized spacial score (nSPS) is 12.1. The molecule has 0 aliphatic carbocycles. The van der Waals surface area contributed by atoms with Gasteiger partial charge in [0.1, 0.15) is 11.9 Å². The highest BCUT2D eigenvalue weighted by molar-refractivity contribution is 5.93. The van der Waals surface area contributed by atoms with Gasteiger partial charge in [-0.3, -0.25) is 4.79 Å². The summed E-state index contributed by atoms with van der Waals surface area (Å²) in [6, 6.07) is 5.41. The summed E-state index contributed by atoms with van der Waals surface area (Å²) < 4.78 is 14.6. The first-order valence-corrected chi connectivity index (χ1v) is 5.20. The molecule has 0 aliphatic heterocycles. The number of benzene rings is 1. The predicted octanol–water partition coefficient (Wildman–Crippen LogP) is 2.22. The van der Waals surface area contributed by atoms with Crippen LogP contribution in [0.25, 0.3) is 0 Å². The molecule has 1 amide bonds. The zero-order valence-corrected chi connectivity index (χ0v) is 9.30. The third kappa shape index (κ3) is 2.69. The van der Waals surface area contributed by atoms with Gasteiger partial charge in [-0.05, 0) is 25.1 Å². The Morgan fingerprint density at radius 3 is 3.00 bits per heavy atom. The van der Waals surface area contributed by atoms with Gasteiger partial charge in [0.15, 0.2) is 0 Å². The Hall–Kier alpha value is -2.17. The molecule has 17 heavy (non-hydrogen) atoms. The zero-order valence-electron chi connectivity index (χ0n) is 9.30. The number of halogens is 1. The summed E-state index contributed by atoms with van der Waals surface area (Å²) in [6.07, 6.45) is 4.87. The lowest BCUT2D eigenvalue weighted by molar-refractivity contribution is -0.118. The Morgan fingerprint density at radius 1 is 1.53 bits per heavy atom. The number of hydrogen-bond donors (Lipinski definition) is 1. The van der Waals surface area contributed by atoms with Crippen molar-refractivity contribution in [3.63, 3.8) is 0 Å². The molecule has 0 bridgehead atoms. The Balaban J connectivity index is 2.07. The van der Waals surface area contributed by atoms with Crippen LogP contribution in [0.2, 0.25) is 0 Å². The minimum absolute atomic E-state index is 0.214. The average molecular weight is 233 g/mol. The van der Waals surface area contributed by atoms with Crippen molar-refractivity contribution in [3.8, 4) is 0 Å². The van der Waals surface area contributed by atoms with E-state index in [4.69, 9.17) is 0 Å². The second-order valence-corrected chi connectivity index (χ2v) is 3.69. The molecule has 0 spiro atoms. The minimum Gasteiger partial charge on any atom is -0.325 e. The number of nitrogens with one attached hydrogen (secondary N) is 1. The zero-order chi connectivity index (χ0) is 12.3. The molecule has 5 heteroatoms. The summed E-state index contributed by atoms with van der Waals surface area (Å²) >= 11 is 0. The summed E-state index contributed by atoms with van der Waals surface area (Å²) in [4.78, 5) is 15.7. The number of imidazole rings is 1. The molecule has 2 rings (SSSR count). The summed E-state index contributed by atoms with van der Waals surface area (Å²) in [6.45, 7) is 1.75. The van der Waals surface area contributed by atoms with E-state index in [0.29, 0.717) is 5.69 Å². The number of anilines is 1. The Kier molecular flexibility index (Phi) is 3.18. The van der Waals surface area contributed by atoms with E-state index in [1.165, 1.54) is 12.1 Å². The van der Waals surface area contributed by atoms with Crippen molar-refractivity contribution in [3.05, 3.63) is 48.8 Å². The number of rotatable bonds is 3. The van der Waals surface area contributed by atoms with Crippen molar-refractivity contribution in [2.75, 3.05) is 5.32 Å². The quantitative estimate of drug-likeness (QED) is 0.883. The van der Waals surface area contributed by atoms with Crippen molar-refractivity contribution >= 4 is 11.6 Å². The van der Waals surface area contributed by atoms with Gasteiger partial charge < -0.3 is 9.88 Å². The molecular weight excluding hydrogens is 221 g/mol. The Morgan fingerprint density at radius 2 is 2.35 bits per heavy atom. The predicted molar refractivity (Wildman–Crippen MR) is 62.0 cm³/mol. The number of hydrogen-bond acceptors (Lipinski definition) is 2. The SMILES string of the molecule is CC(C(=O)Nc1cccc(F)c1)n1ccnc1. The van der Waals surface area contributed by atoms with E-state index in [-0.39, 0.29) is 17.8 Å². The van der Waals surface area contributed by atoms with Crippen molar-refractivity contribution in [1.29, 1.82) is 0 Å². The standard InChI is InChI=1S/C12H12FN3O/c1-9(16-6-5-14-8-16)12(17)15-11-4-2-3-10(13)7-11/h2-9H,1H3,(H,15,17). The summed E-state index contributed by atoms with van der Waals surface area (Å²) in [5, 5.41) is 2.64. The smallest absolute Gasteiger partial charge is 0.247 e. The summed E-state index contributed by atoms with van der Waals surface area (Å²) in [5.41, 5.74) is 0.446. The van der Waals surface area contributed by atoms with Crippen molar-refractivity contribution in [1.82, 2.24) is 9.55 Å². The van der Waals surface area contributed by atoms with Gasteiger partial charge in [0.2, 0.25) is 5.91 Å². The lowest BCUT2D eigenvalue weighted by Crippen LogP contribution is -2.22. The largest absolute Gasteiger partial charge is 0.325 e. The van der Waals surface area contributed by atoms with Gasteiger partial charge in [0, 0.05) is 18.1 Å². The second-order valence-electron chi connectivity index (χ2n) is 3.69. The molecule has 1 atom stereocenters. The first kappa shape index (κ1) is 11.3. The Bertz CT molecular complexity index is 510. The van der Waals surface area contributed by atoms with Crippen LogP contribution < -0.4 is 5.32 Å². The van der Waals surface area contributed by atoms with Crippen LogP contribution in [0.1, 0.15) is 13.0 Å². The number of carbonyl (C=O) groups is 1. The molecule has 4 nitrogen and oxygen atoms in total. The average Bonchev–Trinajstić information content (AvgIpc) is 2.81. The molecule has 1 unspecified atom stereocenters. The van der Waals surface area contributed by atoms with Crippen molar-refractivity contribution < 1.29 is 9.18 Å². The number of nitrogens with zero attached hydrogens (tertiary/aromatic N) is 2. The van der Waals surface area contributed by atoms with Crippen LogP contribution in [0, 0.1) is 5.82 Å². The molecule has 0 fully saturated rings. The summed E-state index contributed by atoms with van der Waals surface area (Å²) in [7, 11) is 0. The molecule has 1 aromatic carbocycles. The first-order chi connectivity index (χ1) is 8.16. The van der Waals surface area contributed by atoms with Gasteiger partial charge in [0.05, 0.1) is 6.33 Å². The molecule has 88 valence electrons. The first-order valence-electron chi connectivity index (χ1n) is 5.20. The molecular formula is C12H12FN3O. The molecule has 0 saturated carbocycles. The van der Waals surface area contributed by atoms with Crippen molar-refractivity contribution in [2.24, 2.45) is 0 Å². The van der Waals surface area contributed by atoms with Gasteiger partial charge in [0.25, 0.3) is 0 Å². The van der Waals surface area contributed by atoms with Gasteiger partial charge >= 0.3 is 0 Å². The maximum absolute atomic E-state index is 12.9. The van der Waals surface area contributed by atoms with Crippen LogP contribution in [-0.2, 0) is 4.79 Å². The molecule has 1 aromatic heterocycles. The van der Waals surface area contributed by atoms with E-state index in [9.17, 15) is 9.18 Å². The lowest BCUT2D eigenvalue weighted by atomic mass is 10.2. The van der Waals surface area contributed by atoms with E-state index in [1.807, 2.05) is 0 Å². The van der Waals surface area contributed by atoms with E-state index in [1.54, 1.807) is 42.3 Å². The highest BCUT2D eigenvalue weighted by Crippen LogP contribution is 2.12. The third-order valence-corrected chi connectivity index (χ3v) is 2.44.